The van der Waals surface area contributed by atoms with Crippen molar-refractivity contribution < 1.29 is 14.1 Å². The van der Waals surface area contributed by atoms with Gasteiger partial charge in [-0.25, -0.2) is 0 Å². The van der Waals surface area contributed by atoms with Gasteiger partial charge in [-0.05, 0) is 31.0 Å². The number of amides is 1. The fourth-order valence-electron chi connectivity index (χ4n) is 2.66. The lowest BCUT2D eigenvalue weighted by Gasteiger charge is -2.33. The van der Waals surface area contributed by atoms with Crippen LogP contribution in [0.5, 0.6) is 0 Å². The van der Waals surface area contributed by atoms with Gasteiger partial charge in [0.25, 0.3) is 5.89 Å². The second kappa shape index (κ2) is 7.51. The van der Waals surface area contributed by atoms with Crippen molar-refractivity contribution in [3.8, 4) is 0 Å². The number of carbonyl (C=O) groups is 1. The molecule has 1 unspecified atom stereocenters. The molecule has 1 aliphatic heterocycles. The third kappa shape index (κ3) is 3.88. The minimum Gasteiger partial charge on any atom is -0.377 e. The number of morpholine rings is 1. The highest BCUT2D eigenvalue weighted by molar-refractivity contribution is 6.35. The van der Waals surface area contributed by atoms with Crippen LogP contribution in [0.2, 0.25) is 10.0 Å². The van der Waals surface area contributed by atoms with Crippen molar-refractivity contribution in [3.63, 3.8) is 0 Å². The number of rotatable bonds is 4. The molecule has 1 saturated heterocycles. The molecule has 0 aliphatic carbocycles. The number of aromatic nitrogens is 2. The molecule has 1 atom stereocenters. The Morgan fingerprint density at radius 3 is 2.96 bits per heavy atom. The highest BCUT2D eigenvalue weighted by Crippen LogP contribution is 2.26. The lowest BCUT2D eigenvalue weighted by atomic mass is 10.1. The van der Waals surface area contributed by atoms with Gasteiger partial charge in [-0.15, -0.1) is 0 Å². The van der Waals surface area contributed by atoms with Gasteiger partial charge in [0.15, 0.2) is 5.82 Å². The first kappa shape index (κ1) is 17.2. The summed E-state index contributed by atoms with van der Waals surface area (Å²) >= 11 is 12.1. The number of ether oxygens (including phenoxy) is 1. The third-order valence-electron chi connectivity index (χ3n) is 3.90. The minimum atomic E-state index is -0.340. The van der Waals surface area contributed by atoms with Crippen LogP contribution < -0.4 is 0 Å². The summed E-state index contributed by atoms with van der Waals surface area (Å²) in [5.41, 5.74) is 0.896. The van der Waals surface area contributed by atoms with E-state index in [0.717, 1.165) is 5.56 Å². The number of hydrogen-bond acceptors (Lipinski definition) is 5. The summed E-state index contributed by atoms with van der Waals surface area (Å²) in [6.07, 6.45) is 0.882. The molecule has 1 aromatic carbocycles. The summed E-state index contributed by atoms with van der Waals surface area (Å²) in [7, 11) is 0. The monoisotopic (exact) mass is 369 g/mol. The number of carbonyl (C=O) groups excluding carboxylic acids is 1. The molecule has 128 valence electrons. The molecule has 1 fully saturated rings. The predicted molar refractivity (Wildman–Crippen MR) is 89.1 cm³/mol. The average Bonchev–Trinajstić information content (AvgIpc) is 3.00. The summed E-state index contributed by atoms with van der Waals surface area (Å²) in [4.78, 5) is 18.6. The van der Waals surface area contributed by atoms with E-state index in [1.165, 1.54) is 0 Å². The zero-order valence-corrected chi connectivity index (χ0v) is 14.7. The SMILES string of the molecule is Cc1noc(C2COCCN2C(=O)CCc2ccc(Cl)cc2Cl)n1. The molecule has 0 saturated carbocycles. The van der Waals surface area contributed by atoms with Crippen molar-refractivity contribution in [1.29, 1.82) is 0 Å². The Kier molecular flexibility index (Phi) is 5.38. The zero-order chi connectivity index (χ0) is 17.1. The van der Waals surface area contributed by atoms with E-state index in [0.29, 0.717) is 54.4 Å². The van der Waals surface area contributed by atoms with E-state index in [4.69, 9.17) is 32.5 Å². The van der Waals surface area contributed by atoms with E-state index < -0.39 is 0 Å². The molecule has 2 aromatic rings. The summed E-state index contributed by atoms with van der Waals surface area (Å²) in [6, 6.07) is 4.96. The van der Waals surface area contributed by atoms with Crippen LogP contribution in [0.1, 0.15) is 29.7 Å². The molecule has 3 rings (SSSR count). The van der Waals surface area contributed by atoms with E-state index in [1.807, 2.05) is 6.07 Å². The summed E-state index contributed by atoms with van der Waals surface area (Å²) in [5.74, 6) is 0.950. The number of hydrogen-bond donors (Lipinski definition) is 0. The van der Waals surface area contributed by atoms with Crippen LogP contribution in [0, 0.1) is 6.92 Å². The quantitative estimate of drug-likeness (QED) is 0.827. The van der Waals surface area contributed by atoms with Gasteiger partial charge in [0.1, 0.15) is 6.04 Å². The molecule has 8 heteroatoms. The fraction of sp³-hybridized carbons (Fsp3) is 0.438. The fourth-order valence-corrected chi connectivity index (χ4v) is 3.17. The van der Waals surface area contributed by atoms with E-state index in [9.17, 15) is 4.79 Å². The van der Waals surface area contributed by atoms with Gasteiger partial charge in [-0.3, -0.25) is 4.79 Å². The smallest absolute Gasteiger partial charge is 0.251 e. The average molecular weight is 370 g/mol. The van der Waals surface area contributed by atoms with Gasteiger partial charge in [-0.2, -0.15) is 4.98 Å². The van der Waals surface area contributed by atoms with Crippen LogP contribution in [0.15, 0.2) is 22.7 Å². The molecule has 2 heterocycles. The maximum Gasteiger partial charge on any atom is 0.251 e. The van der Waals surface area contributed by atoms with Crippen molar-refractivity contribution in [2.75, 3.05) is 19.8 Å². The topological polar surface area (TPSA) is 68.5 Å². The minimum absolute atomic E-state index is 0.00479. The maximum absolute atomic E-state index is 12.7. The van der Waals surface area contributed by atoms with Crippen molar-refractivity contribution in [2.24, 2.45) is 0 Å². The van der Waals surface area contributed by atoms with Crippen molar-refractivity contribution in [1.82, 2.24) is 15.0 Å². The van der Waals surface area contributed by atoms with E-state index in [-0.39, 0.29) is 11.9 Å². The number of aryl methyl sites for hydroxylation is 2. The van der Waals surface area contributed by atoms with E-state index in [1.54, 1.807) is 24.0 Å². The Morgan fingerprint density at radius 1 is 1.42 bits per heavy atom. The lowest BCUT2D eigenvalue weighted by molar-refractivity contribution is -0.141. The van der Waals surface area contributed by atoms with Crippen LogP contribution in [0.4, 0.5) is 0 Å². The van der Waals surface area contributed by atoms with Gasteiger partial charge in [-0.1, -0.05) is 34.4 Å². The molecule has 0 radical (unpaired) electrons. The highest BCUT2D eigenvalue weighted by atomic mass is 35.5. The lowest BCUT2D eigenvalue weighted by Crippen LogP contribution is -2.43. The Labute approximate surface area is 149 Å². The Hall–Kier alpha value is -1.63. The third-order valence-corrected chi connectivity index (χ3v) is 4.49. The standard InChI is InChI=1S/C16H17Cl2N3O3/c1-10-19-16(24-20-10)14-9-23-7-6-21(14)15(22)5-3-11-2-4-12(17)8-13(11)18/h2,4,8,14H,3,5-7,9H2,1H3. The number of halogens is 2. The molecule has 0 N–H and O–H groups in total. The van der Waals surface area contributed by atoms with Crippen LogP contribution in [-0.2, 0) is 16.0 Å². The molecule has 1 amide bonds. The molecule has 1 aromatic heterocycles. The molecular formula is C16H17Cl2N3O3. The number of benzene rings is 1. The van der Waals surface area contributed by atoms with Crippen LogP contribution in [0.25, 0.3) is 0 Å². The Morgan fingerprint density at radius 2 is 2.25 bits per heavy atom. The van der Waals surface area contributed by atoms with Crippen LogP contribution in [-0.4, -0.2) is 40.7 Å². The second-order valence-corrected chi connectivity index (χ2v) is 6.44. The van der Waals surface area contributed by atoms with Crippen LogP contribution >= 0.6 is 23.2 Å². The van der Waals surface area contributed by atoms with Crippen LogP contribution in [0.3, 0.4) is 0 Å². The summed E-state index contributed by atoms with van der Waals surface area (Å²) < 4.78 is 10.7. The first-order chi connectivity index (χ1) is 11.5. The van der Waals surface area contributed by atoms with Crippen molar-refractivity contribution >= 4 is 29.1 Å². The maximum atomic E-state index is 12.7. The second-order valence-electron chi connectivity index (χ2n) is 5.59. The van der Waals surface area contributed by atoms with E-state index in [2.05, 4.69) is 10.1 Å². The molecule has 6 nitrogen and oxygen atoms in total. The first-order valence-corrected chi connectivity index (χ1v) is 8.41. The van der Waals surface area contributed by atoms with Crippen molar-refractivity contribution in [2.45, 2.75) is 25.8 Å². The van der Waals surface area contributed by atoms with Crippen molar-refractivity contribution in [3.05, 3.63) is 45.5 Å². The molecule has 1 aliphatic rings. The van der Waals surface area contributed by atoms with E-state index >= 15 is 0 Å². The van der Waals surface area contributed by atoms with Gasteiger partial charge in [0.05, 0.1) is 13.2 Å². The predicted octanol–water partition coefficient (Wildman–Crippen LogP) is 3.22. The normalized spacial score (nSPS) is 18.0. The van der Waals surface area contributed by atoms with Gasteiger partial charge < -0.3 is 14.2 Å². The summed E-state index contributed by atoms with van der Waals surface area (Å²) in [6.45, 7) is 3.09. The largest absolute Gasteiger partial charge is 0.377 e. The first-order valence-electron chi connectivity index (χ1n) is 7.66. The van der Waals surface area contributed by atoms with Gasteiger partial charge >= 0.3 is 0 Å². The van der Waals surface area contributed by atoms with Gasteiger partial charge in [0.2, 0.25) is 5.91 Å². The highest BCUT2D eigenvalue weighted by Gasteiger charge is 2.32. The number of nitrogens with zero attached hydrogens (tertiary/aromatic N) is 3. The molecule has 0 spiro atoms. The Balaban J connectivity index is 1.68. The zero-order valence-electron chi connectivity index (χ0n) is 13.2. The van der Waals surface area contributed by atoms with Gasteiger partial charge in [0, 0.05) is 23.0 Å². The molecule has 24 heavy (non-hydrogen) atoms. The summed E-state index contributed by atoms with van der Waals surface area (Å²) in [5, 5.41) is 4.94. The molecular weight excluding hydrogens is 353 g/mol. The Bertz CT molecular complexity index is 735. The molecule has 0 bridgehead atoms.